The van der Waals surface area contributed by atoms with Crippen molar-refractivity contribution in [1.29, 1.82) is 0 Å². The number of ether oxygens (including phenoxy) is 2. The Morgan fingerprint density at radius 3 is 1.89 bits per heavy atom. The number of hydrogen-bond donors (Lipinski definition) is 1. The van der Waals surface area contributed by atoms with Crippen molar-refractivity contribution in [2.24, 2.45) is 0 Å². The molecule has 0 amide bonds. The van der Waals surface area contributed by atoms with Crippen molar-refractivity contribution in [3.63, 3.8) is 0 Å². The van der Waals surface area contributed by atoms with E-state index in [9.17, 15) is 4.79 Å². The smallest absolute Gasteiger partial charge is 0.337 e. The minimum atomic E-state index is -0.323. The molecule has 0 heterocycles. The number of hydrogen-bond acceptors (Lipinski definition) is 4. The van der Waals surface area contributed by atoms with Crippen molar-refractivity contribution < 1.29 is 14.3 Å². The number of carbonyl (C=O) groups is 1. The molecule has 0 spiro atoms. The fraction of sp³-hybridized carbons (Fsp3) is 0.219. The molecule has 0 saturated carbocycles. The van der Waals surface area contributed by atoms with Gasteiger partial charge in [0.1, 0.15) is 0 Å². The average Bonchev–Trinajstić information content (AvgIpc) is 2.95. The van der Waals surface area contributed by atoms with Crippen LogP contribution in [0.15, 0.2) is 109 Å². The molecule has 4 nitrogen and oxygen atoms in total. The van der Waals surface area contributed by atoms with Gasteiger partial charge in [-0.2, -0.15) is 0 Å². The Labute approximate surface area is 213 Å². The maximum Gasteiger partial charge on any atom is 0.337 e. The molecule has 4 rings (SSSR count). The van der Waals surface area contributed by atoms with Gasteiger partial charge >= 0.3 is 5.97 Å². The number of methoxy groups -OCH3 is 1. The van der Waals surface area contributed by atoms with Gasteiger partial charge in [-0.1, -0.05) is 97.1 Å². The van der Waals surface area contributed by atoms with E-state index >= 15 is 0 Å². The summed E-state index contributed by atoms with van der Waals surface area (Å²) >= 11 is 0. The minimum Gasteiger partial charge on any atom is -0.465 e. The lowest BCUT2D eigenvalue weighted by molar-refractivity contribution is 0.0396. The van der Waals surface area contributed by atoms with E-state index in [2.05, 4.69) is 72.0 Å². The molecule has 4 aromatic carbocycles. The molecular weight excluding hydrogens is 446 g/mol. The van der Waals surface area contributed by atoms with Crippen molar-refractivity contribution in [1.82, 2.24) is 5.32 Å². The molecule has 0 aliphatic carbocycles. The molecule has 4 aromatic rings. The van der Waals surface area contributed by atoms with Gasteiger partial charge in [0.05, 0.1) is 25.4 Å². The topological polar surface area (TPSA) is 47.6 Å². The van der Waals surface area contributed by atoms with Gasteiger partial charge in [-0.25, -0.2) is 4.79 Å². The van der Waals surface area contributed by atoms with Crippen LogP contribution in [0.3, 0.4) is 0 Å². The molecule has 0 bridgehead atoms. The second kappa shape index (κ2) is 13.4. The van der Waals surface area contributed by atoms with Gasteiger partial charge in [0.2, 0.25) is 0 Å². The Balaban J connectivity index is 1.30. The Morgan fingerprint density at radius 2 is 1.25 bits per heavy atom. The van der Waals surface area contributed by atoms with Gasteiger partial charge < -0.3 is 14.8 Å². The van der Waals surface area contributed by atoms with E-state index in [4.69, 9.17) is 9.47 Å². The van der Waals surface area contributed by atoms with Crippen LogP contribution in [0.1, 0.15) is 44.3 Å². The second-order valence-corrected chi connectivity index (χ2v) is 8.83. The number of rotatable bonds is 12. The summed E-state index contributed by atoms with van der Waals surface area (Å²) in [7, 11) is 1.39. The SMILES string of the molecule is COC(=O)c1ccc(CNCC(OCc2ccc(CCc3ccccc3)cc2)c2ccccc2)cc1. The number of esters is 1. The van der Waals surface area contributed by atoms with E-state index < -0.39 is 0 Å². The Morgan fingerprint density at radius 1 is 0.694 bits per heavy atom. The minimum absolute atomic E-state index is 0.0710. The fourth-order valence-electron chi connectivity index (χ4n) is 4.10. The molecule has 1 N–H and O–H groups in total. The first kappa shape index (κ1) is 25.4. The number of benzene rings is 4. The fourth-order valence-corrected chi connectivity index (χ4v) is 4.10. The van der Waals surface area contributed by atoms with Crippen LogP contribution in [0.2, 0.25) is 0 Å². The Kier molecular flexibility index (Phi) is 9.43. The largest absolute Gasteiger partial charge is 0.465 e. The van der Waals surface area contributed by atoms with Crippen LogP contribution >= 0.6 is 0 Å². The lowest BCUT2D eigenvalue weighted by atomic mass is 10.0. The van der Waals surface area contributed by atoms with Crippen LogP contribution in [0, 0.1) is 0 Å². The summed E-state index contributed by atoms with van der Waals surface area (Å²) < 4.78 is 11.1. The van der Waals surface area contributed by atoms with Crippen LogP contribution in [0.5, 0.6) is 0 Å². The number of carbonyl (C=O) groups excluding carboxylic acids is 1. The van der Waals surface area contributed by atoms with E-state index in [1.807, 2.05) is 30.3 Å². The second-order valence-electron chi connectivity index (χ2n) is 8.83. The van der Waals surface area contributed by atoms with Crippen molar-refractivity contribution in [2.45, 2.75) is 32.1 Å². The zero-order valence-corrected chi connectivity index (χ0v) is 20.7. The lowest BCUT2D eigenvalue weighted by Gasteiger charge is -2.19. The molecule has 0 aliphatic rings. The van der Waals surface area contributed by atoms with Gasteiger partial charge in [0.25, 0.3) is 0 Å². The number of aryl methyl sites for hydroxylation is 2. The summed E-state index contributed by atoms with van der Waals surface area (Å²) in [6.07, 6.45) is 2.00. The third-order valence-corrected chi connectivity index (χ3v) is 6.22. The quantitative estimate of drug-likeness (QED) is 0.242. The monoisotopic (exact) mass is 479 g/mol. The highest BCUT2D eigenvalue weighted by atomic mass is 16.5. The first-order valence-corrected chi connectivity index (χ1v) is 12.4. The van der Waals surface area contributed by atoms with E-state index in [1.54, 1.807) is 12.1 Å². The van der Waals surface area contributed by atoms with Gasteiger partial charge in [-0.15, -0.1) is 0 Å². The van der Waals surface area contributed by atoms with Gasteiger partial charge in [0, 0.05) is 13.1 Å². The highest BCUT2D eigenvalue weighted by Crippen LogP contribution is 2.19. The summed E-state index contributed by atoms with van der Waals surface area (Å²) in [6, 6.07) is 37.1. The Hall–Kier alpha value is -3.73. The van der Waals surface area contributed by atoms with Crippen molar-refractivity contribution in [2.75, 3.05) is 13.7 Å². The average molecular weight is 480 g/mol. The maximum absolute atomic E-state index is 11.6. The van der Waals surface area contributed by atoms with E-state index in [-0.39, 0.29) is 12.1 Å². The zero-order valence-electron chi connectivity index (χ0n) is 20.7. The van der Waals surface area contributed by atoms with E-state index in [0.29, 0.717) is 25.3 Å². The third-order valence-electron chi connectivity index (χ3n) is 6.22. The molecule has 1 unspecified atom stereocenters. The molecule has 36 heavy (non-hydrogen) atoms. The summed E-state index contributed by atoms with van der Waals surface area (Å²) in [5, 5.41) is 3.50. The molecule has 184 valence electrons. The van der Waals surface area contributed by atoms with Crippen LogP contribution < -0.4 is 5.32 Å². The molecule has 0 radical (unpaired) electrons. The summed E-state index contributed by atoms with van der Waals surface area (Å²) in [5.74, 6) is -0.323. The van der Waals surface area contributed by atoms with E-state index in [0.717, 1.165) is 29.5 Å². The number of nitrogens with one attached hydrogen (secondary N) is 1. The molecule has 1 atom stereocenters. The van der Waals surface area contributed by atoms with Crippen LogP contribution in [0.4, 0.5) is 0 Å². The predicted octanol–water partition coefficient (Wildman–Crippen LogP) is 6.31. The summed E-state index contributed by atoms with van der Waals surface area (Å²) in [6.45, 7) is 1.91. The normalized spacial score (nSPS) is 11.7. The summed E-state index contributed by atoms with van der Waals surface area (Å²) in [4.78, 5) is 11.6. The third kappa shape index (κ3) is 7.64. The van der Waals surface area contributed by atoms with Crippen molar-refractivity contribution in [3.05, 3.63) is 143 Å². The van der Waals surface area contributed by atoms with Gasteiger partial charge in [-0.05, 0) is 52.8 Å². The molecule has 0 aliphatic heterocycles. The van der Waals surface area contributed by atoms with E-state index in [1.165, 1.54) is 18.2 Å². The highest BCUT2D eigenvalue weighted by Gasteiger charge is 2.12. The van der Waals surface area contributed by atoms with Crippen LogP contribution in [-0.2, 0) is 35.5 Å². The molecule has 0 aromatic heterocycles. The van der Waals surface area contributed by atoms with Gasteiger partial charge in [0.15, 0.2) is 0 Å². The van der Waals surface area contributed by atoms with Crippen LogP contribution in [0.25, 0.3) is 0 Å². The van der Waals surface area contributed by atoms with Crippen molar-refractivity contribution >= 4 is 5.97 Å². The molecule has 4 heteroatoms. The first-order valence-electron chi connectivity index (χ1n) is 12.4. The standard InChI is InChI=1S/C32H33NO3/c1-35-32(34)30-20-18-27(19-21-30)22-33-23-31(29-10-6-3-7-11-29)36-24-28-16-14-26(15-17-28)13-12-25-8-4-2-5-9-25/h2-11,14-21,31,33H,12-13,22-24H2,1H3. The Bertz CT molecular complexity index is 1190. The molecule has 0 saturated heterocycles. The first-order chi connectivity index (χ1) is 17.7. The zero-order chi connectivity index (χ0) is 25.0. The summed E-state index contributed by atoms with van der Waals surface area (Å²) in [5.41, 5.74) is 6.66. The molecule has 0 fully saturated rings. The van der Waals surface area contributed by atoms with Crippen molar-refractivity contribution in [3.8, 4) is 0 Å². The molecular formula is C32H33NO3. The van der Waals surface area contributed by atoms with Gasteiger partial charge in [-0.3, -0.25) is 0 Å². The highest BCUT2D eigenvalue weighted by molar-refractivity contribution is 5.89. The van der Waals surface area contributed by atoms with Crippen LogP contribution in [-0.4, -0.2) is 19.6 Å². The maximum atomic E-state index is 11.6. The lowest BCUT2D eigenvalue weighted by Crippen LogP contribution is -2.23. The predicted molar refractivity (Wildman–Crippen MR) is 144 cm³/mol.